The second-order valence-electron chi connectivity index (χ2n) is 4.40. The Morgan fingerprint density at radius 1 is 1.67 bits per heavy atom. The van der Waals surface area contributed by atoms with Crippen molar-refractivity contribution in [2.75, 3.05) is 26.2 Å². The Hall–Kier alpha value is -2.22. The molecule has 116 valence electrons. The molecule has 0 saturated carbocycles. The summed E-state index contributed by atoms with van der Waals surface area (Å²) in [4.78, 5) is 27.7. The third kappa shape index (κ3) is 4.99. The molecule has 1 rings (SSSR count). The van der Waals surface area contributed by atoms with Crippen LogP contribution in [0.15, 0.2) is 18.9 Å². The van der Waals surface area contributed by atoms with Gasteiger partial charge >= 0.3 is 11.8 Å². The topological polar surface area (TPSA) is 90.5 Å². The van der Waals surface area contributed by atoms with Gasteiger partial charge in [0, 0.05) is 20.0 Å². The average molecular weight is 296 g/mol. The first kappa shape index (κ1) is 16.8. The average Bonchev–Trinajstić information content (AvgIpc) is 2.78. The maximum Gasteiger partial charge on any atom is 0.342 e. The third-order valence-corrected chi connectivity index (χ3v) is 2.91. The monoisotopic (exact) mass is 296 g/mol. The molecule has 21 heavy (non-hydrogen) atoms. The molecule has 8 nitrogen and oxygen atoms in total. The number of hydrogen-bond donors (Lipinski definition) is 0. The van der Waals surface area contributed by atoms with Crippen molar-refractivity contribution in [2.24, 2.45) is 0 Å². The zero-order chi connectivity index (χ0) is 15.8. The Labute approximate surface area is 123 Å². The molecule has 0 bridgehead atoms. The van der Waals surface area contributed by atoms with Crippen LogP contribution in [0.5, 0.6) is 0 Å². The van der Waals surface area contributed by atoms with E-state index in [0.717, 1.165) is 0 Å². The number of aryl methyl sites for hydroxylation is 1. The van der Waals surface area contributed by atoms with Crippen LogP contribution < -0.4 is 0 Å². The maximum atomic E-state index is 11.5. The highest BCUT2D eigenvalue weighted by atomic mass is 16.6. The van der Waals surface area contributed by atoms with Gasteiger partial charge in [-0.25, -0.2) is 9.55 Å². The molecular weight excluding hydrogens is 276 g/mol. The molecule has 8 heteroatoms. The second-order valence-corrected chi connectivity index (χ2v) is 4.40. The van der Waals surface area contributed by atoms with Gasteiger partial charge in [-0.2, -0.15) is 0 Å². The van der Waals surface area contributed by atoms with Crippen molar-refractivity contribution in [3.63, 3.8) is 0 Å². The van der Waals surface area contributed by atoms with E-state index >= 15 is 0 Å². The van der Waals surface area contributed by atoms with E-state index in [1.165, 1.54) is 10.8 Å². The Kier molecular flexibility index (Phi) is 6.54. The van der Waals surface area contributed by atoms with E-state index in [9.17, 15) is 14.9 Å². The summed E-state index contributed by atoms with van der Waals surface area (Å²) < 4.78 is 6.41. The van der Waals surface area contributed by atoms with Gasteiger partial charge in [-0.05, 0) is 11.8 Å². The van der Waals surface area contributed by atoms with E-state index in [0.29, 0.717) is 32.1 Å². The zero-order valence-corrected chi connectivity index (χ0v) is 12.3. The molecule has 0 spiro atoms. The summed E-state index contributed by atoms with van der Waals surface area (Å²) in [6.45, 7) is 8.87. The fourth-order valence-corrected chi connectivity index (χ4v) is 1.93. The van der Waals surface area contributed by atoms with Crippen LogP contribution in [-0.2, 0) is 16.1 Å². The quantitative estimate of drug-likeness (QED) is 0.294. The minimum atomic E-state index is -0.469. The molecule has 0 saturated heterocycles. The minimum absolute atomic E-state index is 0.0535. The van der Waals surface area contributed by atoms with Crippen LogP contribution in [0, 0.1) is 17.0 Å². The normalized spacial score (nSPS) is 10.6. The highest BCUT2D eigenvalue weighted by Gasteiger charge is 2.19. The lowest BCUT2D eigenvalue weighted by atomic mass is 10.4. The van der Waals surface area contributed by atoms with Crippen molar-refractivity contribution in [3.05, 3.63) is 34.8 Å². The van der Waals surface area contributed by atoms with Gasteiger partial charge in [0.15, 0.2) is 5.82 Å². The number of rotatable bonds is 9. The molecule has 0 aromatic carbocycles. The Morgan fingerprint density at radius 3 is 2.95 bits per heavy atom. The maximum absolute atomic E-state index is 11.5. The highest BCUT2D eigenvalue weighted by molar-refractivity contribution is 5.71. The van der Waals surface area contributed by atoms with Crippen molar-refractivity contribution in [1.29, 1.82) is 0 Å². The van der Waals surface area contributed by atoms with E-state index < -0.39 is 4.92 Å². The van der Waals surface area contributed by atoms with E-state index in [1.54, 1.807) is 19.9 Å². The molecule has 0 unspecified atom stereocenters. The molecule has 0 atom stereocenters. The second kappa shape index (κ2) is 8.15. The number of imidazole rings is 1. The lowest BCUT2D eigenvalue weighted by Gasteiger charge is -2.18. The van der Waals surface area contributed by atoms with Crippen molar-refractivity contribution in [2.45, 2.75) is 20.4 Å². The molecular formula is C13H20N4O4. The van der Waals surface area contributed by atoms with Crippen molar-refractivity contribution in [3.8, 4) is 0 Å². The van der Waals surface area contributed by atoms with Gasteiger partial charge in [0.05, 0.1) is 13.2 Å². The first-order valence-corrected chi connectivity index (χ1v) is 6.65. The number of nitro groups is 1. The first-order valence-electron chi connectivity index (χ1n) is 6.65. The number of hydrogen-bond acceptors (Lipinski definition) is 6. The molecule has 0 N–H and O–H groups in total. The number of nitrogens with zero attached hydrogens (tertiary/aromatic N) is 4. The van der Waals surface area contributed by atoms with Crippen LogP contribution in [0.25, 0.3) is 0 Å². The molecule has 1 aromatic heterocycles. The number of aromatic nitrogens is 2. The van der Waals surface area contributed by atoms with Gasteiger partial charge < -0.3 is 14.9 Å². The van der Waals surface area contributed by atoms with Gasteiger partial charge in [-0.15, -0.1) is 6.58 Å². The predicted octanol–water partition coefficient (Wildman–Crippen LogP) is 1.15. The van der Waals surface area contributed by atoms with Crippen molar-refractivity contribution >= 4 is 11.8 Å². The van der Waals surface area contributed by atoms with Gasteiger partial charge in [-0.1, -0.05) is 6.08 Å². The van der Waals surface area contributed by atoms with Gasteiger partial charge in [-0.3, -0.25) is 9.69 Å². The van der Waals surface area contributed by atoms with Crippen LogP contribution >= 0.6 is 0 Å². The molecule has 0 aliphatic rings. The lowest BCUT2D eigenvalue weighted by molar-refractivity contribution is -0.392. The fourth-order valence-electron chi connectivity index (χ4n) is 1.93. The number of carbonyl (C=O) groups excluding carboxylic acids is 1. The smallest absolute Gasteiger partial charge is 0.342 e. The fraction of sp³-hybridized carbons (Fsp3) is 0.538. The van der Waals surface area contributed by atoms with Crippen LogP contribution in [0.3, 0.4) is 0 Å². The highest BCUT2D eigenvalue weighted by Crippen LogP contribution is 2.13. The predicted molar refractivity (Wildman–Crippen MR) is 76.9 cm³/mol. The van der Waals surface area contributed by atoms with E-state index in [4.69, 9.17) is 4.74 Å². The molecule has 0 amide bonds. The van der Waals surface area contributed by atoms with Crippen molar-refractivity contribution < 1.29 is 14.5 Å². The number of esters is 1. The first-order chi connectivity index (χ1) is 9.99. The van der Waals surface area contributed by atoms with Crippen molar-refractivity contribution in [1.82, 2.24) is 14.5 Å². The van der Waals surface area contributed by atoms with Crippen LogP contribution in [0.4, 0.5) is 5.82 Å². The lowest BCUT2D eigenvalue weighted by Crippen LogP contribution is -2.34. The molecule has 0 aliphatic heterocycles. The number of ether oxygens (including phenoxy) is 1. The Morgan fingerprint density at radius 2 is 2.38 bits per heavy atom. The number of carbonyl (C=O) groups is 1. The summed E-state index contributed by atoms with van der Waals surface area (Å²) in [6.07, 6.45) is 2.91. The third-order valence-electron chi connectivity index (χ3n) is 2.91. The van der Waals surface area contributed by atoms with E-state index in [1.807, 2.05) is 4.90 Å². The van der Waals surface area contributed by atoms with Crippen LogP contribution in [0.1, 0.15) is 12.7 Å². The summed E-state index contributed by atoms with van der Waals surface area (Å²) in [7, 11) is 0. The molecule has 1 heterocycles. The van der Waals surface area contributed by atoms with E-state index in [-0.39, 0.29) is 18.3 Å². The summed E-state index contributed by atoms with van der Waals surface area (Å²) in [5.41, 5.74) is 0. The standard InChI is InChI=1S/C13H20N4O4/c1-4-6-15(10-13(18)21-5-2)7-8-16-11(3)14-9-12(16)17(19)20/h4,9H,1,5-8,10H2,2-3H3. The SMILES string of the molecule is C=CCN(CCn1c([N+](=O)[O-])cnc1C)CC(=O)OCC. The summed E-state index contributed by atoms with van der Waals surface area (Å²) in [5, 5.41) is 10.9. The summed E-state index contributed by atoms with van der Waals surface area (Å²) in [5.74, 6) is 0.190. The van der Waals surface area contributed by atoms with Gasteiger partial charge in [0.2, 0.25) is 0 Å². The molecule has 1 aromatic rings. The molecule has 0 fully saturated rings. The molecule has 0 aliphatic carbocycles. The summed E-state index contributed by atoms with van der Waals surface area (Å²) >= 11 is 0. The minimum Gasteiger partial charge on any atom is -0.465 e. The van der Waals surface area contributed by atoms with Crippen LogP contribution in [-0.4, -0.2) is 51.6 Å². The van der Waals surface area contributed by atoms with Gasteiger partial charge in [0.25, 0.3) is 0 Å². The van der Waals surface area contributed by atoms with Gasteiger partial charge in [0.1, 0.15) is 12.7 Å². The Bertz CT molecular complexity index is 512. The zero-order valence-electron chi connectivity index (χ0n) is 12.3. The Balaban J connectivity index is 2.68. The molecule has 0 radical (unpaired) electrons. The largest absolute Gasteiger partial charge is 0.465 e. The summed E-state index contributed by atoms with van der Waals surface area (Å²) in [6, 6.07) is 0. The van der Waals surface area contributed by atoms with E-state index in [2.05, 4.69) is 11.6 Å². The van der Waals surface area contributed by atoms with Crippen LogP contribution in [0.2, 0.25) is 0 Å².